The Morgan fingerprint density at radius 2 is 1.84 bits per heavy atom. The smallest absolute Gasteiger partial charge is 0.305 e. The number of nitrogens with two attached hydrogens (primary N) is 1. The maximum atomic E-state index is 13.4. The van der Waals surface area contributed by atoms with Crippen LogP contribution in [0.15, 0.2) is 53.6 Å². The van der Waals surface area contributed by atoms with Crippen LogP contribution in [0.2, 0.25) is 0 Å². The number of primary amides is 1. The molecule has 12 heteroatoms. The zero-order valence-electron chi connectivity index (χ0n) is 20.7. The van der Waals surface area contributed by atoms with Crippen molar-refractivity contribution in [2.45, 2.75) is 33.4 Å². The fraction of sp³-hybridized carbons (Fsp3) is 0.320. The number of ether oxygens (including phenoxy) is 1. The summed E-state index contributed by atoms with van der Waals surface area (Å²) in [5.74, 6) is -2.34. The number of halogens is 1. The van der Waals surface area contributed by atoms with Crippen molar-refractivity contribution in [1.82, 2.24) is 25.4 Å². The number of amides is 3. The van der Waals surface area contributed by atoms with E-state index in [2.05, 4.69) is 20.8 Å². The number of hydrogen-bond donors (Lipinski definition) is 3. The van der Waals surface area contributed by atoms with Crippen LogP contribution >= 0.6 is 0 Å². The Balaban J connectivity index is 1.52. The topological polar surface area (TPSA) is 144 Å². The minimum absolute atomic E-state index is 0.0391. The highest BCUT2D eigenvalue weighted by molar-refractivity contribution is 6.34. The Labute approximate surface area is 212 Å². The molecule has 1 aliphatic heterocycles. The Hall–Kier alpha value is -4.48. The van der Waals surface area contributed by atoms with Gasteiger partial charge in [-0.25, -0.2) is 9.40 Å². The van der Waals surface area contributed by atoms with Crippen LogP contribution in [-0.2, 0) is 20.9 Å². The third-order valence-electron chi connectivity index (χ3n) is 5.75. The summed E-state index contributed by atoms with van der Waals surface area (Å²) in [5, 5.41) is 15.9. The van der Waals surface area contributed by atoms with Crippen molar-refractivity contribution in [3.05, 3.63) is 65.6 Å². The minimum atomic E-state index is -0.913. The van der Waals surface area contributed by atoms with Gasteiger partial charge in [0.2, 0.25) is 5.91 Å². The van der Waals surface area contributed by atoms with Gasteiger partial charge >= 0.3 is 5.91 Å². The SMILES string of the molecule is CC(C)(C)[C@H](NC(=O)c1nn(Cc2ccc(F)cc2)c2ccccc12)C(=O)NCN1COC(C(N)=O)=N1. The second kappa shape index (κ2) is 10.2. The highest BCUT2D eigenvalue weighted by Gasteiger charge is 2.34. The third-order valence-corrected chi connectivity index (χ3v) is 5.75. The predicted molar refractivity (Wildman–Crippen MR) is 133 cm³/mol. The number of nitrogens with zero attached hydrogens (tertiary/aromatic N) is 4. The molecule has 1 aromatic heterocycles. The lowest BCUT2D eigenvalue weighted by molar-refractivity contribution is -0.126. The van der Waals surface area contributed by atoms with Crippen LogP contribution in [-0.4, -0.2) is 57.9 Å². The molecule has 3 aromatic rings. The van der Waals surface area contributed by atoms with Crippen molar-refractivity contribution in [2.75, 3.05) is 13.4 Å². The first-order chi connectivity index (χ1) is 17.5. The second-order valence-electron chi connectivity index (χ2n) is 9.67. The average molecular weight is 510 g/mol. The summed E-state index contributed by atoms with van der Waals surface area (Å²) in [6, 6.07) is 12.4. The van der Waals surface area contributed by atoms with Gasteiger partial charge in [-0.15, -0.1) is 5.10 Å². The van der Waals surface area contributed by atoms with Crippen LogP contribution in [0.3, 0.4) is 0 Å². The molecule has 2 aromatic carbocycles. The molecular formula is C25H28FN7O4. The van der Waals surface area contributed by atoms with E-state index in [-0.39, 0.29) is 30.8 Å². The number of hydrazone groups is 1. The molecule has 37 heavy (non-hydrogen) atoms. The van der Waals surface area contributed by atoms with Gasteiger partial charge in [0.15, 0.2) is 12.4 Å². The van der Waals surface area contributed by atoms with Gasteiger partial charge < -0.3 is 21.1 Å². The molecule has 2 heterocycles. The van der Waals surface area contributed by atoms with E-state index in [0.29, 0.717) is 11.9 Å². The second-order valence-corrected chi connectivity index (χ2v) is 9.67. The third kappa shape index (κ3) is 5.85. The van der Waals surface area contributed by atoms with Crippen LogP contribution < -0.4 is 16.4 Å². The zero-order chi connectivity index (χ0) is 26.7. The summed E-state index contributed by atoms with van der Waals surface area (Å²) in [7, 11) is 0. The number of rotatable bonds is 8. The van der Waals surface area contributed by atoms with Crippen molar-refractivity contribution in [3.8, 4) is 0 Å². The first-order valence-corrected chi connectivity index (χ1v) is 11.6. The van der Waals surface area contributed by atoms with Gasteiger partial charge in [0.05, 0.1) is 12.1 Å². The molecule has 0 saturated carbocycles. The fourth-order valence-corrected chi connectivity index (χ4v) is 3.85. The van der Waals surface area contributed by atoms with Crippen molar-refractivity contribution in [3.63, 3.8) is 0 Å². The lowest BCUT2D eigenvalue weighted by Crippen LogP contribution is -2.54. The van der Waals surface area contributed by atoms with Crippen LogP contribution in [0.1, 0.15) is 36.8 Å². The van der Waals surface area contributed by atoms with Gasteiger partial charge in [0.25, 0.3) is 11.8 Å². The van der Waals surface area contributed by atoms with E-state index in [9.17, 15) is 18.8 Å². The number of nitrogens with one attached hydrogen (secondary N) is 2. The molecule has 194 valence electrons. The Morgan fingerprint density at radius 1 is 1.14 bits per heavy atom. The van der Waals surface area contributed by atoms with Crippen LogP contribution in [0.25, 0.3) is 10.9 Å². The lowest BCUT2D eigenvalue weighted by Gasteiger charge is -2.30. The van der Waals surface area contributed by atoms with E-state index in [0.717, 1.165) is 11.1 Å². The molecule has 0 saturated heterocycles. The average Bonchev–Trinajstić information content (AvgIpc) is 3.47. The molecule has 1 atom stereocenters. The number of aromatic nitrogens is 2. The molecule has 4 N–H and O–H groups in total. The normalized spacial score (nSPS) is 14.2. The van der Waals surface area contributed by atoms with E-state index < -0.39 is 29.2 Å². The van der Waals surface area contributed by atoms with Gasteiger partial charge in [-0.3, -0.25) is 19.1 Å². The molecule has 1 aliphatic rings. The zero-order valence-corrected chi connectivity index (χ0v) is 20.7. The summed E-state index contributed by atoms with van der Waals surface area (Å²) in [4.78, 5) is 37.6. The summed E-state index contributed by atoms with van der Waals surface area (Å²) >= 11 is 0. The van der Waals surface area contributed by atoms with Crippen LogP contribution in [0, 0.1) is 11.2 Å². The lowest BCUT2D eigenvalue weighted by atomic mass is 9.86. The molecule has 0 fully saturated rings. The molecule has 0 spiro atoms. The number of hydrogen-bond acceptors (Lipinski definition) is 7. The molecule has 0 unspecified atom stereocenters. The number of carbonyl (C=O) groups is 3. The number of carbonyl (C=O) groups excluding carboxylic acids is 3. The standard InChI is InChI=1S/C25H28FN7O4/c1-25(2,3)20(23(36)28-13-32-14-37-24(31-32)21(27)34)29-22(35)19-17-6-4-5-7-18(17)33(30-19)12-15-8-10-16(26)11-9-15/h4-11,20H,12-14H2,1-3H3,(H2,27,34)(H,28,36)(H,29,35)/t20-/m1/s1. The Bertz CT molecular complexity index is 1360. The van der Waals surface area contributed by atoms with E-state index >= 15 is 0 Å². The molecule has 4 rings (SSSR count). The number of para-hydroxylation sites is 1. The molecule has 3 amide bonds. The van der Waals surface area contributed by atoms with E-state index in [1.165, 1.54) is 17.1 Å². The van der Waals surface area contributed by atoms with Crippen molar-refractivity contribution >= 4 is 34.5 Å². The molecule has 0 radical (unpaired) electrons. The van der Waals surface area contributed by atoms with Gasteiger partial charge in [0, 0.05) is 5.39 Å². The molecule has 11 nitrogen and oxygen atoms in total. The summed E-state index contributed by atoms with van der Waals surface area (Å²) in [5.41, 5.74) is 6.22. The summed E-state index contributed by atoms with van der Waals surface area (Å²) in [6.07, 6.45) is 0. The number of fused-ring (bicyclic) bond motifs is 1. The first-order valence-electron chi connectivity index (χ1n) is 11.6. The first kappa shape index (κ1) is 25.6. The maximum absolute atomic E-state index is 13.4. The van der Waals surface area contributed by atoms with Crippen molar-refractivity contribution < 1.29 is 23.5 Å². The highest BCUT2D eigenvalue weighted by Crippen LogP contribution is 2.23. The van der Waals surface area contributed by atoms with E-state index in [4.69, 9.17) is 10.5 Å². The van der Waals surface area contributed by atoms with Crippen LogP contribution in [0.5, 0.6) is 0 Å². The monoisotopic (exact) mass is 509 g/mol. The Morgan fingerprint density at radius 3 is 2.49 bits per heavy atom. The summed E-state index contributed by atoms with van der Waals surface area (Å²) < 4.78 is 20.0. The predicted octanol–water partition coefficient (Wildman–Crippen LogP) is 1.53. The van der Waals surface area contributed by atoms with E-state index in [1.807, 2.05) is 32.9 Å². The summed E-state index contributed by atoms with van der Waals surface area (Å²) in [6.45, 7) is 5.72. The van der Waals surface area contributed by atoms with Crippen LogP contribution in [0.4, 0.5) is 4.39 Å². The van der Waals surface area contributed by atoms with Gasteiger partial charge in [-0.1, -0.05) is 51.1 Å². The quantitative estimate of drug-likeness (QED) is 0.420. The van der Waals surface area contributed by atoms with Gasteiger partial charge in [-0.2, -0.15) is 5.10 Å². The maximum Gasteiger partial charge on any atom is 0.305 e. The van der Waals surface area contributed by atoms with Crippen molar-refractivity contribution in [2.24, 2.45) is 16.3 Å². The van der Waals surface area contributed by atoms with Crippen molar-refractivity contribution in [1.29, 1.82) is 0 Å². The van der Waals surface area contributed by atoms with E-state index in [1.54, 1.807) is 28.9 Å². The minimum Gasteiger partial charge on any atom is -0.450 e. The van der Waals surface area contributed by atoms with Gasteiger partial charge in [-0.05, 0) is 29.2 Å². The fourth-order valence-electron chi connectivity index (χ4n) is 3.85. The largest absolute Gasteiger partial charge is 0.450 e. The highest BCUT2D eigenvalue weighted by atomic mass is 19.1. The molecular weight excluding hydrogens is 481 g/mol. The molecule has 0 bridgehead atoms. The van der Waals surface area contributed by atoms with Gasteiger partial charge in [0.1, 0.15) is 18.5 Å². The Kier molecular flexibility index (Phi) is 7.09. The number of benzene rings is 2. The molecule has 0 aliphatic carbocycles.